The van der Waals surface area contributed by atoms with Crippen LogP contribution in [0.5, 0.6) is 0 Å². The van der Waals surface area contributed by atoms with Crippen molar-refractivity contribution in [1.29, 1.82) is 5.26 Å². The lowest BCUT2D eigenvalue weighted by Crippen LogP contribution is -2.52. The number of nitriles is 1. The average molecular weight is 340 g/mol. The van der Waals surface area contributed by atoms with E-state index in [1.54, 1.807) is 6.07 Å². The zero-order valence-electron chi connectivity index (χ0n) is 13.6. The average Bonchev–Trinajstić information content (AvgIpc) is 3.09. The Morgan fingerprint density at radius 3 is 2.58 bits per heavy atom. The molecule has 2 heterocycles. The predicted octanol–water partition coefficient (Wildman–Crippen LogP) is 2.77. The fourth-order valence-electron chi connectivity index (χ4n) is 2.88. The fraction of sp³-hybridized carbons (Fsp3) is 0.333. The Bertz CT molecular complexity index is 729. The highest BCUT2D eigenvalue weighted by molar-refractivity contribution is 7.14. The molecule has 0 saturated carbocycles. The van der Waals surface area contributed by atoms with Crippen molar-refractivity contribution in [2.75, 3.05) is 36.4 Å². The molecule has 6 heteroatoms. The number of amides is 1. The summed E-state index contributed by atoms with van der Waals surface area (Å²) >= 11 is 1.38. The second-order valence-corrected chi connectivity index (χ2v) is 6.72. The van der Waals surface area contributed by atoms with Gasteiger partial charge in [0.1, 0.15) is 11.1 Å². The summed E-state index contributed by atoms with van der Waals surface area (Å²) in [7, 11) is 0. The van der Waals surface area contributed by atoms with E-state index in [0.29, 0.717) is 10.6 Å². The van der Waals surface area contributed by atoms with Crippen LogP contribution in [0.25, 0.3) is 0 Å². The Morgan fingerprint density at radius 1 is 1.21 bits per heavy atom. The summed E-state index contributed by atoms with van der Waals surface area (Å²) < 4.78 is 0. The molecule has 0 spiro atoms. The summed E-state index contributed by atoms with van der Waals surface area (Å²) in [5.74, 6) is -0.0536. The molecule has 1 aromatic carbocycles. The van der Waals surface area contributed by atoms with Crippen molar-refractivity contribution < 1.29 is 4.79 Å². The first kappa shape index (κ1) is 16.5. The molecule has 1 aliphatic heterocycles. The summed E-state index contributed by atoms with van der Waals surface area (Å²) in [6.07, 6.45) is 0. The van der Waals surface area contributed by atoms with Gasteiger partial charge in [0.05, 0.1) is 11.6 Å². The van der Waals surface area contributed by atoms with E-state index >= 15 is 0 Å². The molecule has 1 aliphatic rings. The monoisotopic (exact) mass is 340 g/mol. The number of anilines is 2. The first-order valence-corrected chi connectivity index (χ1v) is 8.89. The normalized spacial score (nSPS) is 16.4. The zero-order chi connectivity index (χ0) is 16.9. The van der Waals surface area contributed by atoms with E-state index in [9.17, 15) is 4.79 Å². The number of piperazine rings is 1. The smallest absolute Gasteiger partial charge is 0.242 e. The topological polar surface area (TPSA) is 59.4 Å². The third kappa shape index (κ3) is 3.58. The van der Waals surface area contributed by atoms with Crippen LogP contribution in [-0.2, 0) is 4.79 Å². The van der Waals surface area contributed by atoms with Crippen LogP contribution in [0.2, 0.25) is 0 Å². The van der Waals surface area contributed by atoms with Gasteiger partial charge in [-0.05, 0) is 30.5 Å². The van der Waals surface area contributed by atoms with Crippen molar-refractivity contribution in [1.82, 2.24) is 4.90 Å². The van der Waals surface area contributed by atoms with Crippen molar-refractivity contribution >= 4 is 27.9 Å². The number of hydrogen-bond acceptors (Lipinski definition) is 5. The Labute approximate surface area is 146 Å². The van der Waals surface area contributed by atoms with Crippen LogP contribution < -0.4 is 10.2 Å². The van der Waals surface area contributed by atoms with Gasteiger partial charge >= 0.3 is 0 Å². The second kappa shape index (κ2) is 7.47. The molecule has 24 heavy (non-hydrogen) atoms. The number of carbonyl (C=O) groups is 1. The van der Waals surface area contributed by atoms with Crippen molar-refractivity contribution in [3.05, 3.63) is 47.3 Å². The van der Waals surface area contributed by atoms with Gasteiger partial charge in [-0.25, -0.2) is 0 Å². The van der Waals surface area contributed by atoms with E-state index in [4.69, 9.17) is 5.26 Å². The molecule has 5 nitrogen and oxygen atoms in total. The van der Waals surface area contributed by atoms with Crippen LogP contribution in [0.1, 0.15) is 12.5 Å². The molecule has 0 aliphatic carbocycles. The largest absolute Gasteiger partial charge is 0.369 e. The molecule has 1 amide bonds. The zero-order valence-corrected chi connectivity index (χ0v) is 14.4. The summed E-state index contributed by atoms with van der Waals surface area (Å²) in [5, 5.41) is 14.4. The van der Waals surface area contributed by atoms with Gasteiger partial charge in [0.2, 0.25) is 5.91 Å². The molecule has 0 unspecified atom stereocenters. The number of thiophene rings is 1. The first-order chi connectivity index (χ1) is 11.7. The maximum atomic E-state index is 12.5. The lowest BCUT2D eigenvalue weighted by Gasteiger charge is -2.38. The van der Waals surface area contributed by atoms with E-state index in [1.807, 2.05) is 30.5 Å². The van der Waals surface area contributed by atoms with E-state index < -0.39 is 0 Å². The molecule has 1 fully saturated rings. The Morgan fingerprint density at radius 2 is 1.92 bits per heavy atom. The molecule has 0 radical (unpaired) electrons. The number of nitrogens with zero attached hydrogens (tertiary/aromatic N) is 3. The van der Waals surface area contributed by atoms with E-state index in [1.165, 1.54) is 17.0 Å². The summed E-state index contributed by atoms with van der Waals surface area (Å²) in [6.45, 7) is 5.43. The highest BCUT2D eigenvalue weighted by Crippen LogP contribution is 2.23. The number of carbonyl (C=O) groups excluding carboxylic acids is 1. The van der Waals surface area contributed by atoms with E-state index in [2.05, 4.69) is 33.3 Å². The van der Waals surface area contributed by atoms with Gasteiger partial charge in [-0.15, -0.1) is 11.3 Å². The maximum absolute atomic E-state index is 12.5. The molecule has 3 rings (SSSR count). The quantitative estimate of drug-likeness (QED) is 0.930. The third-order valence-corrected chi connectivity index (χ3v) is 5.22. The maximum Gasteiger partial charge on any atom is 0.242 e. The molecule has 1 saturated heterocycles. The van der Waals surface area contributed by atoms with Crippen LogP contribution in [0.15, 0.2) is 41.8 Å². The van der Waals surface area contributed by atoms with Crippen LogP contribution in [0, 0.1) is 11.3 Å². The lowest BCUT2D eigenvalue weighted by molar-refractivity contribution is -0.120. The molecule has 1 aromatic heterocycles. The minimum Gasteiger partial charge on any atom is -0.369 e. The highest BCUT2D eigenvalue weighted by Gasteiger charge is 2.26. The van der Waals surface area contributed by atoms with Crippen molar-refractivity contribution in [3.63, 3.8) is 0 Å². The van der Waals surface area contributed by atoms with Gasteiger partial charge in [-0.1, -0.05) is 18.2 Å². The molecule has 124 valence electrons. The number of hydrogen-bond donors (Lipinski definition) is 1. The van der Waals surface area contributed by atoms with Crippen LogP contribution in [0.4, 0.5) is 10.7 Å². The van der Waals surface area contributed by atoms with Gasteiger partial charge in [-0.2, -0.15) is 5.26 Å². The summed E-state index contributed by atoms with van der Waals surface area (Å²) in [5.41, 5.74) is 1.75. The van der Waals surface area contributed by atoms with Gasteiger partial charge < -0.3 is 10.2 Å². The molecule has 0 bridgehead atoms. The van der Waals surface area contributed by atoms with E-state index in [0.717, 1.165) is 26.2 Å². The molecule has 2 aromatic rings. The SMILES string of the molecule is C[C@H](C(=O)Nc1sccc1C#N)N1CCN(c2ccccc2)CC1. The molecular formula is C18H20N4OS. The van der Waals surface area contributed by atoms with Gasteiger partial charge in [-0.3, -0.25) is 9.69 Å². The summed E-state index contributed by atoms with van der Waals surface area (Å²) in [6, 6.07) is 14.0. The second-order valence-electron chi connectivity index (χ2n) is 5.80. The number of benzene rings is 1. The van der Waals surface area contributed by atoms with Gasteiger partial charge in [0.15, 0.2) is 0 Å². The number of nitrogens with one attached hydrogen (secondary N) is 1. The van der Waals surface area contributed by atoms with Crippen LogP contribution >= 0.6 is 11.3 Å². The van der Waals surface area contributed by atoms with Crippen molar-refractivity contribution in [2.45, 2.75) is 13.0 Å². The molecular weight excluding hydrogens is 320 g/mol. The number of rotatable bonds is 4. The highest BCUT2D eigenvalue weighted by atomic mass is 32.1. The Kier molecular flexibility index (Phi) is 5.14. The third-order valence-electron chi connectivity index (χ3n) is 4.39. The minimum atomic E-state index is -0.212. The number of para-hydroxylation sites is 1. The molecule has 1 N–H and O–H groups in total. The van der Waals surface area contributed by atoms with Crippen LogP contribution in [-0.4, -0.2) is 43.0 Å². The van der Waals surface area contributed by atoms with Crippen LogP contribution in [0.3, 0.4) is 0 Å². The van der Waals surface area contributed by atoms with Crippen molar-refractivity contribution in [3.8, 4) is 6.07 Å². The van der Waals surface area contributed by atoms with Crippen molar-refractivity contribution in [2.24, 2.45) is 0 Å². The van der Waals surface area contributed by atoms with Gasteiger partial charge in [0, 0.05) is 31.9 Å². The Balaban J connectivity index is 1.56. The first-order valence-electron chi connectivity index (χ1n) is 8.01. The molecule has 1 atom stereocenters. The van der Waals surface area contributed by atoms with Gasteiger partial charge in [0.25, 0.3) is 0 Å². The summed E-state index contributed by atoms with van der Waals surface area (Å²) in [4.78, 5) is 17.0. The predicted molar refractivity (Wildman–Crippen MR) is 97.4 cm³/mol. The fourth-order valence-corrected chi connectivity index (χ4v) is 3.62. The standard InChI is InChI=1S/C18H20N4OS/c1-14(17(23)20-18-15(13-19)7-12-24-18)21-8-10-22(11-9-21)16-5-3-2-4-6-16/h2-7,12,14H,8-11H2,1H3,(H,20,23)/t14-/m1/s1. The lowest BCUT2D eigenvalue weighted by atomic mass is 10.2. The van der Waals surface area contributed by atoms with E-state index in [-0.39, 0.29) is 11.9 Å². The Hall–Kier alpha value is -2.36. The minimum absolute atomic E-state index is 0.0536.